The van der Waals surface area contributed by atoms with E-state index in [1.165, 1.54) is 85.8 Å². The Labute approximate surface area is 632 Å². The minimum atomic E-state index is -5.58. The van der Waals surface area contributed by atoms with E-state index < -0.39 is 141 Å². The maximum atomic E-state index is 13.7. The number of azo groups is 5. The zero-order chi connectivity index (χ0) is 78.9. The molecule has 11 aromatic carbocycles. The van der Waals surface area contributed by atoms with Crippen LogP contribution in [0.3, 0.4) is 0 Å². The van der Waals surface area contributed by atoms with E-state index >= 15 is 0 Å². The lowest BCUT2D eigenvalue weighted by atomic mass is 10.0. The molecule has 3 unspecified atom stereocenters. The Hall–Kier alpha value is -10.8. The predicted molar refractivity (Wildman–Crippen MR) is 392 cm³/mol. The lowest BCUT2D eigenvalue weighted by Gasteiger charge is -2.15. The van der Waals surface area contributed by atoms with E-state index in [2.05, 4.69) is 75.2 Å². The number of benzene rings is 11. The summed E-state index contributed by atoms with van der Waals surface area (Å²) in [5.74, 6) is -4.50. The summed E-state index contributed by atoms with van der Waals surface area (Å²) in [6, 6.07) is 31.5. The van der Waals surface area contributed by atoms with Crippen molar-refractivity contribution >= 4 is 200 Å². The summed E-state index contributed by atoms with van der Waals surface area (Å²) in [5, 5.41) is 114. The number of anilines is 2. The molecule has 13 N–H and O–H groups in total. The number of nitrogens with one attached hydrogen (secondary N) is 1. The molecule has 0 aromatic heterocycles. The van der Waals surface area contributed by atoms with Crippen LogP contribution in [-0.4, -0.2) is 108 Å². The topological polar surface area (TPSA) is 606 Å². The standard InChI is InChI=1S/C62H47N11O29S8/c1-30-20-46(49(95-18-7-19-103-101-99-78)29-45(30)67-69-47-25-35(96-105(80)81)22-32-23-36(97-106(82)83)26-48(74)54(32)47)68-71-56-50(98-107(84)85)27-41-39(60(56)76)15-17-44(62(41)110(92,93)94)66-70-55-40-28-53(109(89,90)91)58(61(77)38(40)14-16-43(55)63-33-8-3-2-4-9-33)73-64-34-12-13-37-31(21-34)24-51(104-102-100-79)57(59(37)75)72-65-42-10-5-6-11-52(42)108(86,87)88/h2-6,8-17,20-29,63,74-79H,7,18-19H2,1H3,(H,80,81)(H,82,83)(H,84,85)(H,86,87,88)(H,89,90,91)(H,92,93,94). The number of rotatable bonds is 31. The van der Waals surface area contributed by atoms with Crippen molar-refractivity contribution in [3.05, 3.63) is 157 Å². The first kappa shape index (κ1) is 80.2. The Bertz CT molecular complexity index is 6090. The predicted octanol–water partition coefficient (Wildman–Crippen LogP) is 16.8. The number of para-hydroxylation sites is 1. The van der Waals surface area contributed by atoms with Crippen LogP contribution in [0, 0.1) is 6.92 Å². The fraction of sp³-hybridized carbons (Fsp3) is 0.0645. The minimum absolute atomic E-state index is 0.0283. The fourth-order valence-electron chi connectivity index (χ4n) is 10.5. The van der Waals surface area contributed by atoms with Crippen molar-refractivity contribution in [3.63, 3.8) is 0 Å². The number of phenols is 4. The monoisotopic (exact) mass is 1670 g/mol. The maximum absolute atomic E-state index is 13.7. The van der Waals surface area contributed by atoms with Crippen molar-refractivity contribution in [2.45, 2.75) is 32.9 Å². The van der Waals surface area contributed by atoms with E-state index in [4.69, 9.17) is 27.8 Å². The van der Waals surface area contributed by atoms with Gasteiger partial charge in [0.15, 0.2) is 28.7 Å². The Morgan fingerprint density at radius 2 is 1.05 bits per heavy atom. The molecule has 572 valence electrons. The number of ether oxygens (including phenoxy) is 1. The molecule has 3 atom stereocenters. The second-order valence-corrected chi connectivity index (χ2v) is 29.4. The van der Waals surface area contributed by atoms with Crippen molar-refractivity contribution < 1.29 is 132 Å². The molecule has 48 heteroatoms. The van der Waals surface area contributed by atoms with Gasteiger partial charge in [-0.15, -0.1) is 49.6 Å². The van der Waals surface area contributed by atoms with Crippen LogP contribution >= 0.6 is 24.1 Å². The van der Waals surface area contributed by atoms with Crippen LogP contribution in [-0.2, 0) is 83.2 Å². The van der Waals surface area contributed by atoms with E-state index in [0.717, 1.165) is 42.5 Å². The minimum Gasteiger partial charge on any atom is -0.507 e. The molecule has 0 saturated heterocycles. The third-order valence-corrected chi connectivity index (χ3v) is 20.0. The molecule has 0 aliphatic heterocycles. The first-order valence-corrected chi connectivity index (χ1v) is 39.0. The molecule has 0 aliphatic carbocycles. The highest BCUT2D eigenvalue weighted by atomic mass is 32.2. The number of hydrogen-bond acceptors (Lipinski definition) is 36. The summed E-state index contributed by atoms with van der Waals surface area (Å²) in [6.45, 7) is 1.38. The molecular formula is C62H47N11O29S8. The van der Waals surface area contributed by atoms with Crippen LogP contribution in [0.15, 0.2) is 222 Å². The summed E-state index contributed by atoms with van der Waals surface area (Å²) in [5.41, 5.74) is -3.26. The summed E-state index contributed by atoms with van der Waals surface area (Å²) in [4.78, 5) is -2.99. The van der Waals surface area contributed by atoms with E-state index in [1.54, 1.807) is 30.3 Å². The molecule has 11 aromatic rings. The normalized spacial score (nSPS) is 13.3. The van der Waals surface area contributed by atoms with Gasteiger partial charge in [-0.1, -0.05) is 40.4 Å². The Kier molecular flexibility index (Phi) is 25.1. The summed E-state index contributed by atoms with van der Waals surface area (Å²) in [6.07, 6.45) is 0.197. The highest BCUT2D eigenvalue weighted by Gasteiger charge is 2.29. The van der Waals surface area contributed by atoms with Crippen molar-refractivity contribution in [2.24, 2.45) is 51.1 Å². The second-order valence-electron chi connectivity index (χ2n) is 22.0. The molecule has 0 saturated carbocycles. The highest BCUT2D eigenvalue weighted by Crippen LogP contribution is 2.52. The summed E-state index contributed by atoms with van der Waals surface area (Å²) in [7, 11) is -15.8. The lowest BCUT2D eigenvalue weighted by Crippen LogP contribution is -2.02. The largest absolute Gasteiger partial charge is 0.507 e. The molecule has 0 fully saturated rings. The molecule has 110 heavy (non-hydrogen) atoms. The van der Waals surface area contributed by atoms with Crippen molar-refractivity contribution in [3.8, 4) is 46.0 Å². The fourth-order valence-corrected chi connectivity index (χ4v) is 14.3. The van der Waals surface area contributed by atoms with Crippen LogP contribution in [0.25, 0.3) is 43.1 Å². The molecule has 0 bridgehead atoms. The third kappa shape index (κ3) is 18.9. The van der Waals surface area contributed by atoms with Crippen LogP contribution in [0.2, 0.25) is 0 Å². The van der Waals surface area contributed by atoms with E-state index in [1.807, 2.05) is 0 Å². The molecule has 11 rings (SSSR count). The zero-order valence-electron chi connectivity index (χ0n) is 54.6. The lowest BCUT2D eigenvalue weighted by molar-refractivity contribution is -0.432. The quantitative estimate of drug-likeness (QED) is 0.00365. The number of aromatic hydroxyl groups is 4. The van der Waals surface area contributed by atoms with E-state index in [0.29, 0.717) is 29.8 Å². The van der Waals surface area contributed by atoms with Crippen molar-refractivity contribution in [1.29, 1.82) is 0 Å². The highest BCUT2D eigenvalue weighted by molar-refractivity contribution is 7.95. The van der Waals surface area contributed by atoms with Gasteiger partial charge in [0.2, 0.25) is 0 Å². The average Bonchev–Trinajstić information content (AvgIpc) is 0.778. The number of nitrogens with zero attached hydrogens (tertiary/aromatic N) is 10. The van der Waals surface area contributed by atoms with Crippen LogP contribution < -0.4 is 22.6 Å². The van der Waals surface area contributed by atoms with Gasteiger partial charge in [0.25, 0.3) is 30.4 Å². The number of fused-ring (bicyclic) bond motifs is 4. The Morgan fingerprint density at radius 1 is 0.464 bits per heavy atom. The number of phenolic OH excluding ortho intramolecular Hbond substituents is 4. The third-order valence-electron chi connectivity index (χ3n) is 15.0. The zero-order valence-corrected chi connectivity index (χ0v) is 61.1. The van der Waals surface area contributed by atoms with Gasteiger partial charge in [0.05, 0.1) is 46.0 Å². The summed E-state index contributed by atoms with van der Waals surface area (Å²) < 4.78 is 204. The molecule has 0 aliphatic rings. The Morgan fingerprint density at radius 3 is 1.75 bits per heavy atom. The molecule has 0 radical (unpaired) electrons. The van der Waals surface area contributed by atoms with Gasteiger partial charge in [-0.25, -0.2) is 10.5 Å². The second kappa shape index (κ2) is 34.4. The summed E-state index contributed by atoms with van der Waals surface area (Å²) >= 11 is -8.01. The maximum Gasteiger partial charge on any atom is 0.357 e. The van der Waals surface area contributed by atoms with Gasteiger partial charge in [0.1, 0.15) is 77.5 Å². The van der Waals surface area contributed by atoms with Gasteiger partial charge in [-0.05, 0) is 133 Å². The van der Waals surface area contributed by atoms with Gasteiger partial charge < -0.3 is 43.0 Å². The smallest absolute Gasteiger partial charge is 0.357 e. The van der Waals surface area contributed by atoms with Gasteiger partial charge in [-0.2, -0.15) is 48.1 Å². The van der Waals surface area contributed by atoms with Crippen LogP contribution in [0.1, 0.15) is 12.0 Å². The van der Waals surface area contributed by atoms with Gasteiger partial charge >= 0.3 is 34.1 Å². The molecular weight excluding hydrogens is 1620 g/mol. The van der Waals surface area contributed by atoms with Gasteiger partial charge in [-0.3, -0.25) is 27.3 Å². The molecule has 40 nitrogen and oxygen atoms in total. The van der Waals surface area contributed by atoms with E-state index in [-0.39, 0.29) is 119 Å². The van der Waals surface area contributed by atoms with Gasteiger partial charge in [0, 0.05) is 68.6 Å². The number of hydrogen-bond donors (Lipinski definition) is 13. The Balaban J connectivity index is 0.985. The average molecular weight is 1670 g/mol. The number of aryl methyl sites for hydroxylation is 1. The van der Waals surface area contributed by atoms with Crippen molar-refractivity contribution in [2.75, 3.05) is 17.7 Å². The van der Waals surface area contributed by atoms with E-state index in [9.17, 15) is 85.6 Å². The molecule has 0 spiro atoms. The van der Waals surface area contributed by atoms with Crippen molar-refractivity contribution in [1.82, 2.24) is 0 Å². The SMILES string of the molecule is Cc1cc(N=Nc2c(OS(=O)O)cc3c(S(=O)(=O)O)c(N=Nc4c(Nc5ccccc5)ccc5c(O)c(N=Nc6ccc7c(O)c(N=Nc8ccccc8S(=O)(=O)O)c(SOOO)cc7c6)c(S(=O)(=O)O)cc45)ccc3c2O)c(OCCCSOOO)cc1N=Nc1cc(OS(=O)O)cc2cc(OS(=O)O)cc(O)c12. The van der Waals surface area contributed by atoms with Crippen LogP contribution in [0.4, 0.5) is 68.2 Å². The molecule has 0 amide bonds. The van der Waals surface area contributed by atoms with Crippen LogP contribution in [0.5, 0.6) is 46.0 Å². The first-order valence-electron chi connectivity index (χ1n) is 30.0. The molecule has 0 heterocycles. The first-order chi connectivity index (χ1) is 52.4.